The van der Waals surface area contributed by atoms with Crippen molar-refractivity contribution < 1.29 is 4.79 Å². The molecule has 1 N–H and O–H groups in total. The lowest BCUT2D eigenvalue weighted by Gasteiger charge is -2.44. The second kappa shape index (κ2) is 7.31. The van der Waals surface area contributed by atoms with Crippen molar-refractivity contribution >= 4 is 17.5 Å². The van der Waals surface area contributed by atoms with Gasteiger partial charge in [0.2, 0.25) is 0 Å². The largest absolute Gasteiger partial charge is 0.351 e. The fourth-order valence-electron chi connectivity index (χ4n) is 4.02. The van der Waals surface area contributed by atoms with Gasteiger partial charge in [-0.05, 0) is 37.1 Å². The van der Waals surface area contributed by atoms with Crippen molar-refractivity contribution in [2.45, 2.75) is 37.8 Å². The molecule has 1 aliphatic carbocycles. The summed E-state index contributed by atoms with van der Waals surface area (Å²) in [5.41, 5.74) is 1.56. The summed E-state index contributed by atoms with van der Waals surface area (Å²) in [5.74, 6) is 1.52. The van der Waals surface area contributed by atoms with Gasteiger partial charge in [-0.15, -0.1) is 15.3 Å². The number of amides is 2. The molecule has 9 nitrogen and oxygen atoms in total. The molecule has 0 radical (unpaired) electrons. The summed E-state index contributed by atoms with van der Waals surface area (Å²) in [6.07, 6.45) is 8.10. The van der Waals surface area contributed by atoms with Gasteiger partial charge in [0.1, 0.15) is 5.82 Å². The van der Waals surface area contributed by atoms with Gasteiger partial charge >= 0.3 is 6.03 Å². The SMILES string of the molecule is CN(C(=O)NC1CCCC1)C1CN(c2ccc3nnc(-c4cccnc4)n3n2)C1. The average Bonchev–Trinajstić information content (AvgIpc) is 3.37. The summed E-state index contributed by atoms with van der Waals surface area (Å²) in [6.45, 7) is 1.52. The van der Waals surface area contributed by atoms with Crippen LogP contribution in [-0.4, -0.2) is 67.9 Å². The third-order valence-corrected chi connectivity index (χ3v) is 5.91. The van der Waals surface area contributed by atoms with Crippen LogP contribution < -0.4 is 10.2 Å². The van der Waals surface area contributed by atoms with E-state index in [0.29, 0.717) is 17.5 Å². The van der Waals surface area contributed by atoms with Gasteiger partial charge in [0.25, 0.3) is 0 Å². The maximum Gasteiger partial charge on any atom is 0.317 e. The molecule has 0 bridgehead atoms. The zero-order valence-corrected chi connectivity index (χ0v) is 16.4. The number of rotatable bonds is 4. The summed E-state index contributed by atoms with van der Waals surface area (Å²) in [7, 11) is 1.88. The van der Waals surface area contributed by atoms with E-state index in [1.54, 1.807) is 16.9 Å². The molecule has 9 heteroatoms. The smallest absolute Gasteiger partial charge is 0.317 e. The lowest BCUT2D eigenvalue weighted by Crippen LogP contribution is -2.62. The number of hydrogen-bond donors (Lipinski definition) is 1. The minimum atomic E-state index is 0.0302. The predicted molar refractivity (Wildman–Crippen MR) is 109 cm³/mol. The van der Waals surface area contributed by atoms with Gasteiger partial charge in [-0.1, -0.05) is 12.8 Å². The monoisotopic (exact) mass is 392 g/mol. The molecule has 0 unspecified atom stereocenters. The zero-order valence-electron chi connectivity index (χ0n) is 16.4. The van der Waals surface area contributed by atoms with E-state index in [9.17, 15) is 4.79 Å². The molecule has 29 heavy (non-hydrogen) atoms. The number of fused-ring (bicyclic) bond motifs is 1. The van der Waals surface area contributed by atoms with E-state index in [2.05, 4.69) is 25.4 Å². The highest BCUT2D eigenvalue weighted by Gasteiger charge is 2.34. The second-order valence-electron chi connectivity index (χ2n) is 7.83. The predicted octanol–water partition coefficient (Wildman–Crippen LogP) is 1.96. The van der Waals surface area contributed by atoms with Gasteiger partial charge in [-0.3, -0.25) is 4.98 Å². The third-order valence-electron chi connectivity index (χ3n) is 5.91. The highest BCUT2D eigenvalue weighted by Crippen LogP contribution is 2.24. The fourth-order valence-corrected chi connectivity index (χ4v) is 4.02. The molecular weight excluding hydrogens is 368 g/mol. The Morgan fingerprint density at radius 2 is 2.00 bits per heavy atom. The first-order chi connectivity index (χ1) is 14.2. The fraction of sp³-hybridized carbons (Fsp3) is 0.450. The van der Waals surface area contributed by atoms with E-state index in [-0.39, 0.29) is 12.1 Å². The molecule has 1 aliphatic heterocycles. The van der Waals surface area contributed by atoms with Crippen LogP contribution in [0.25, 0.3) is 17.0 Å². The van der Waals surface area contributed by atoms with Crippen molar-refractivity contribution in [1.29, 1.82) is 0 Å². The summed E-state index contributed by atoms with van der Waals surface area (Å²) in [4.78, 5) is 20.6. The number of carbonyl (C=O) groups is 1. The molecule has 5 rings (SSSR count). The number of carbonyl (C=O) groups excluding carboxylic acids is 1. The quantitative estimate of drug-likeness (QED) is 0.730. The van der Waals surface area contributed by atoms with Gasteiger partial charge < -0.3 is 15.1 Å². The summed E-state index contributed by atoms with van der Waals surface area (Å²) in [5, 5.41) is 16.3. The molecule has 3 aromatic heterocycles. The molecule has 3 aromatic rings. The van der Waals surface area contributed by atoms with Crippen LogP contribution in [0.5, 0.6) is 0 Å². The minimum Gasteiger partial charge on any atom is -0.351 e. The first kappa shape index (κ1) is 17.8. The van der Waals surface area contributed by atoms with E-state index in [0.717, 1.165) is 37.3 Å². The number of nitrogens with zero attached hydrogens (tertiary/aromatic N) is 7. The van der Waals surface area contributed by atoms with Crippen molar-refractivity contribution in [3.05, 3.63) is 36.7 Å². The van der Waals surface area contributed by atoms with Gasteiger partial charge in [-0.25, -0.2) is 4.79 Å². The second-order valence-corrected chi connectivity index (χ2v) is 7.83. The molecule has 0 atom stereocenters. The minimum absolute atomic E-state index is 0.0302. The first-order valence-corrected chi connectivity index (χ1v) is 10.1. The van der Waals surface area contributed by atoms with Gasteiger partial charge in [-0.2, -0.15) is 4.52 Å². The Kier molecular flexibility index (Phi) is 4.49. The van der Waals surface area contributed by atoms with Gasteiger partial charge in [0.05, 0.1) is 6.04 Å². The standard InChI is InChI=1S/C20H24N8O/c1-26(20(29)22-15-6-2-3-7-15)16-12-27(13-16)18-9-8-17-23-24-19(28(17)25-18)14-5-4-10-21-11-14/h4-5,8-11,15-16H,2-3,6-7,12-13H2,1H3,(H,22,29). The van der Waals surface area contributed by atoms with Crippen molar-refractivity contribution in [2.24, 2.45) is 0 Å². The zero-order chi connectivity index (χ0) is 19.8. The Labute approximate surface area is 168 Å². The molecule has 0 aromatic carbocycles. The summed E-state index contributed by atoms with van der Waals surface area (Å²) in [6, 6.07) is 8.23. The van der Waals surface area contributed by atoms with Crippen LogP contribution >= 0.6 is 0 Å². The number of aromatic nitrogens is 5. The van der Waals surface area contributed by atoms with E-state index >= 15 is 0 Å². The maximum absolute atomic E-state index is 12.5. The van der Waals surface area contributed by atoms with Crippen LogP contribution in [-0.2, 0) is 0 Å². The number of nitrogens with one attached hydrogen (secondary N) is 1. The van der Waals surface area contributed by atoms with E-state index in [1.165, 1.54) is 12.8 Å². The molecule has 0 spiro atoms. The molecular formula is C20H24N8O. The molecule has 2 fully saturated rings. The molecule has 2 aliphatic rings. The maximum atomic E-state index is 12.5. The lowest BCUT2D eigenvalue weighted by atomic mass is 10.1. The topological polar surface area (TPSA) is 91.5 Å². The van der Waals surface area contributed by atoms with Crippen molar-refractivity contribution in [1.82, 2.24) is 35.0 Å². The normalized spacial score (nSPS) is 17.5. The highest BCUT2D eigenvalue weighted by molar-refractivity contribution is 5.75. The van der Waals surface area contributed by atoms with Gasteiger partial charge in [0.15, 0.2) is 11.5 Å². The summed E-state index contributed by atoms with van der Waals surface area (Å²) < 4.78 is 1.75. The van der Waals surface area contributed by atoms with E-state index < -0.39 is 0 Å². The Bertz CT molecular complexity index is 1010. The molecule has 1 saturated carbocycles. The Balaban J connectivity index is 1.27. The van der Waals surface area contributed by atoms with Crippen molar-refractivity contribution in [2.75, 3.05) is 25.0 Å². The van der Waals surface area contributed by atoms with E-state index in [4.69, 9.17) is 5.10 Å². The molecule has 150 valence electrons. The third kappa shape index (κ3) is 3.37. The van der Waals surface area contributed by atoms with E-state index in [1.807, 2.05) is 36.2 Å². The number of hydrogen-bond acceptors (Lipinski definition) is 6. The molecule has 4 heterocycles. The van der Waals surface area contributed by atoms with Gasteiger partial charge in [0, 0.05) is 44.1 Å². The number of urea groups is 1. The van der Waals surface area contributed by atoms with Crippen LogP contribution in [0.3, 0.4) is 0 Å². The Morgan fingerprint density at radius 1 is 1.17 bits per heavy atom. The number of likely N-dealkylation sites (N-methyl/N-ethyl adjacent to an activating group) is 1. The Morgan fingerprint density at radius 3 is 2.76 bits per heavy atom. The van der Waals surface area contributed by atoms with Crippen LogP contribution in [0, 0.1) is 0 Å². The van der Waals surface area contributed by atoms with Crippen LogP contribution in [0.2, 0.25) is 0 Å². The van der Waals surface area contributed by atoms with Crippen LogP contribution in [0.1, 0.15) is 25.7 Å². The number of pyridine rings is 1. The molecule has 1 saturated heterocycles. The van der Waals surface area contributed by atoms with Crippen LogP contribution in [0.15, 0.2) is 36.7 Å². The van der Waals surface area contributed by atoms with Crippen LogP contribution in [0.4, 0.5) is 10.6 Å². The molecule has 2 amide bonds. The Hall–Kier alpha value is -3.23. The van der Waals surface area contributed by atoms with Crippen molar-refractivity contribution in [3.63, 3.8) is 0 Å². The highest BCUT2D eigenvalue weighted by atomic mass is 16.2. The summed E-state index contributed by atoms with van der Waals surface area (Å²) >= 11 is 0. The average molecular weight is 392 g/mol. The number of anilines is 1. The lowest BCUT2D eigenvalue weighted by molar-refractivity contribution is 0.175. The first-order valence-electron chi connectivity index (χ1n) is 10.1. The van der Waals surface area contributed by atoms with Crippen molar-refractivity contribution in [3.8, 4) is 11.4 Å².